The van der Waals surface area contributed by atoms with Gasteiger partial charge >= 0.3 is 0 Å². The van der Waals surface area contributed by atoms with E-state index in [4.69, 9.17) is 9.15 Å². The van der Waals surface area contributed by atoms with E-state index in [1.54, 1.807) is 12.5 Å². The number of aromatic nitrogens is 1. The van der Waals surface area contributed by atoms with Crippen LogP contribution < -0.4 is 5.32 Å². The maximum atomic E-state index is 12.4. The molecule has 1 N–H and O–H groups in total. The number of furan rings is 1. The van der Waals surface area contributed by atoms with Crippen molar-refractivity contribution in [1.82, 2.24) is 15.2 Å². The molecular formula is C20H25N3O3. The first-order valence-electron chi connectivity index (χ1n) is 9.32. The van der Waals surface area contributed by atoms with Crippen molar-refractivity contribution in [1.29, 1.82) is 0 Å². The fourth-order valence-corrected chi connectivity index (χ4v) is 3.94. The van der Waals surface area contributed by atoms with Crippen LogP contribution in [0, 0.1) is 0 Å². The van der Waals surface area contributed by atoms with Gasteiger partial charge in [0.25, 0.3) is 0 Å². The molecule has 1 spiro atoms. The van der Waals surface area contributed by atoms with Crippen LogP contribution in [0.15, 0.2) is 47.3 Å². The van der Waals surface area contributed by atoms with E-state index in [9.17, 15) is 4.79 Å². The normalized spacial score (nSPS) is 22.5. The lowest BCUT2D eigenvalue weighted by Crippen LogP contribution is -2.45. The highest BCUT2D eigenvalue weighted by Crippen LogP contribution is 2.39. The van der Waals surface area contributed by atoms with Gasteiger partial charge in [-0.3, -0.25) is 14.7 Å². The summed E-state index contributed by atoms with van der Waals surface area (Å²) in [6.45, 7) is 3.33. The van der Waals surface area contributed by atoms with Crippen LogP contribution in [-0.4, -0.2) is 40.6 Å². The summed E-state index contributed by atoms with van der Waals surface area (Å²) in [6, 6.07) is 7.77. The molecule has 0 aliphatic carbocycles. The molecule has 2 saturated heterocycles. The van der Waals surface area contributed by atoms with Gasteiger partial charge in [0.2, 0.25) is 5.91 Å². The average molecular weight is 355 g/mol. The third kappa shape index (κ3) is 3.97. The molecule has 0 bridgehead atoms. The van der Waals surface area contributed by atoms with Gasteiger partial charge in [0.1, 0.15) is 11.9 Å². The molecule has 6 heteroatoms. The Bertz CT molecular complexity index is 709. The molecule has 2 aromatic heterocycles. The lowest BCUT2D eigenvalue weighted by Gasteiger charge is -2.39. The van der Waals surface area contributed by atoms with Crippen LogP contribution in [0.1, 0.15) is 37.0 Å². The summed E-state index contributed by atoms with van der Waals surface area (Å²) in [5.41, 5.74) is 1.11. The second kappa shape index (κ2) is 7.60. The zero-order valence-electron chi connectivity index (χ0n) is 14.9. The third-order valence-electron chi connectivity index (χ3n) is 5.46. The van der Waals surface area contributed by atoms with Gasteiger partial charge in [0.05, 0.1) is 18.4 Å². The monoisotopic (exact) mass is 355 g/mol. The van der Waals surface area contributed by atoms with Crippen LogP contribution >= 0.6 is 0 Å². The van der Waals surface area contributed by atoms with Crippen molar-refractivity contribution in [3.8, 4) is 0 Å². The summed E-state index contributed by atoms with van der Waals surface area (Å²) in [4.78, 5) is 19.0. The summed E-state index contributed by atoms with van der Waals surface area (Å²) in [5.74, 6) is 0.728. The molecular weight excluding hydrogens is 330 g/mol. The van der Waals surface area contributed by atoms with Crippen molar-refractivity contribution in [2.24, 2.45) is 0 Å². The Labute approximate surface area is 153 Å². The van der Waals surface area contributed by atoms with Crippen molar-refractivity contribution < 1.29 is 13.9 Å². The number of nitrogens with one attached hydrogen (secondary N) is 1. The number of hydrogen-bond acceptors (Lipinski definition) is 5. The highest BCUT2D eigenvalue weighted by Gasteiger charge is 2.44. The summed E-state index contributed by atoms with van der Waals surface area (Å²) in [7, 11) is 0. The maximum absolute atomic E-state index is 12.4. The molecule has 2 fully saturated rings. The third-order valence-corrected chi connectivity index (χ3v) is 5.46. The van der Waals surface area contributed by atoms with Crippen molar-refractivity contribution in [3.63, 3.8) is 0 Å². The van der Waals surface area contributed by atoms with Gasteiger partial charge in [-0.25, -0.2) is 0 Å². The Kier molecular flexibility index (Phi) is 5.04. The molecule has 2 aromatic rings. The minimum atomic E-state index is -0.338. The lowest BCUT2D eigenvalue weighted by atomic mass is 9.88. The average Bonchev–Trinajstić information content (AvgIpc) is 3.33. The number of carbonyl (C=O) groups is 1. The van der Waals surface area contributed by atoms with Gasteiger partial charge in [-0.1, -0.05) is 6.07 Å². The zero-order chi connectivity index (χ0) is 17.8. The van der Waals surface area contributed by atoms with E-state index in [1.165, 1.54) is 5.56 Å². The molecule has 0 saturated carbocycles. The number of carbonyl (C=O) groups excluding carboxylic acids is 1. The molecule has 4 heterocycles. The van der Waals surface area contributed by atoms with E-state index >= 15 is 0 Å². The Hall–Kier alpha value is -2.18. The first-order chi connectivity index (χ1) is 12.7. The largest absolute Gasteiger partial charge is 0.467 e. The van der Waals surface area contributed by atoms with Gasteiger partial charge in [-0.2, -0.15) is 0 Å². The number of pyridine rings is 1. The quantitative estimate of drug-likeness (QED) is 0.893. The Morgan fingerprint density at radius 1 is 1.27 bits per heavy atom. The summed E-state index contributed by atoms with van der Waals surface area (Å²) < 4.78 is 11.5. The van der Waals surface area contributed by atoms with Crippen molar-refractivity contribution in [3.05, 3.63) is 54.2 Å². The minimum Gasteiger partial charge on any atom is -0.467 e. The van der Waals surface area contributed by atoms with Crippen LogP contribution in [0.25, 0.3) is 0 Å². The van der Waals surface area contributed by atoms with Crippen molar-refractivity contribution >= 4 is 5.91 Å². The van der Waals surface area contributed by atoms with Crippen molar-refractivity contribution in [2.45, 2.75) is 50.5 Å². The molecule has 0 aromatic carbocycles. The molecule has 1 amide bonds. The molecule has 6 nitrogen and oxygen atoms in total. The van der Waals surface area contributed by atoms with Crippen LogP contribution in [0.4, 0.5) is 0 Å². The van der Waals surface area contributed by atoms with E-state index < -0.39 is 0 Å². The van der Waals surface area contributed by atoms with E-state index in [1.807, 2.05) is 24.4 Å². The molecule has 4 rings (SSSR count). The van der Waals surface area contributed by atoms with E-state index in [0.717, 1.165) is 51.1 Å². The zero-order valence-corrected chi connectivity index (χ0v) is 14.9. The van der Waals surface area contributed by atoms with Crippen LogP contribution in [0.2, 0.25) is 0 Å². The molecule has 1 atom stereocenters. The molecule has 2 aliphatic heterocycles. The van der Waals surface area contributed by atoms with Gasteiger partial charge in [-0.05, 0) is 49.4 Å². The van der Waals surface area contributed by atoms with E-state index in [0.29, 0.717) is 6.54 Å². The Morgan fingerprint density at radius 2 is 2.15 bits per heavy atom. The highest BCUT2D eigenvalue weighted by molar-refractivity contribution is 5.81. The number of hydrogen-bond donors (Lipinski definition) is 1. The fraction of sp³-hybridized carbons (Fsp3) is 0.500. The number of ether oxygens (including phenoxy) is 1. The number of rotatable bonds is 5. The number of amides is 1. The van der Waals surface area contributed by atoms with E-state index in [-0.39, 0.29) is 17.6 Å². The van der Waals surface area contributed by atoms with Crippen LogP contribution in [0.5, 0.6) is 0 Å². The topological polar surface area (TPSA) is 67.6 Å². The lowest BCUT2D eigenvalue weighted by molar-refractivity contribution is -0.141. The van der Waals surface area contributed by atoms with Gasteiger partial charge < -0.3 is 14.5 Å². The predicted octanol–water partition coefficient (Wildman–Crippen LogP) is 2.50. The van der Waals surface area contributed by atoms with E-state index in [2.05, 4.69) is 21.3 Å². The standard InChI is InChI=1S/C20H25N3O3/c24-19(22-14-17-4-2-12-25-17)18-5-6-20(26-18)7-10-23(11-8-20)15-16-3-1-9-21-13-16/h1-4,9,12-13,18H,5-8,10-11,14-15H2,(H,22,24). The molecule has 2 aliphatic rings. The molecule has 26 heavy (non-hydrogen) atoms. The smallest absolute Gasteiger partial charge is 0.249 e. The van der Waals surface area contributed by atoms with Gasteiger partial charge in [0.15, 0.2) is 0 Å². The summed E-state index contributed by atoms with van der Waals surface area (Å²) >= 11 is 0. The maximum Gasteiger partial charge on any atom is 0.249 e. The Morgan fingerprint density at radius 3 is 2.88 bits per heavy atom. The highest BCUT2D eigenvalue weighted by atomic mass is 16.5. The summed E-state index contributed by atoms with van der Waals surface area (Å²) in [6.07, 6.45) is 8.73. The van der Waals surface area contributed by atoms with Gasteiger partial charge in [0, 0.05) is 32.0 Å². The SMILES string of the molecule is O=C(NCc1ccco1)C1CCC2(CCN(Cc3cccnc3)CC2)O1. The number of piperidine rings is 1. The van der Waals surface area contributed by atoms with Crippen molar-refractivity contribution in [2.75, 3.05) is 13.1 Å². The van der Waals surface area contributed by atoms with Crippen LogP contribution in [-0.2, 0) is 22.6 Å². The second-order valence-electron chi connectivity index (χ2n) is 7.26. The fourth-order valence-electron chi connectivity index (χ4n) is 3.94. The molecule has 1 unspecified atom stereocenters. The molecule has 0 radical (unpaired) electrons. The van der Waals surface area contributed by atoms with Gasteiger partial charge in [-0.15, -0.1) is 0 Å². The minimum absolute atomic E-state index is 0.0314. The second-order valence-corrected chi connectivity index (χ2v) is 7.26. The predicted molar refractivity (Wildman–Crippen MR) is 96.1 cm³/mol. The first-order valence-corrected chi connectivity index (χ1v) is 9.32. The molecule has 138 valence electrons. The summed E-state index contributed by atoms with van der Waals surface area (Å²) in [5, 5.41) is 2.92. The first kappa shape index (κ1) is 17.2. The van der Waals surface area contributed by atoms with Crippen LogP contribution in [0.3, 0.4) is 0 Å². The number of nitrogens with zero attached hydrogens (tertiary/aromatic N) is 2. The number of likely N-dealkylation sites (tertiary alicyclic amines) is 1. The Balaban J connectivity index is 1.25.